The number of carboxylic acids is 1. The molecule has 4 nitrogen and oxygen atoms in total. The number of aliphatic carboxylic acids is 1. The average molecular weight is 698 g/mol. The molecule has 0 atom stereocenters. The molecule has 0 saturated heterocycles. The minimum atomic E-state index is -5.08. The summed E-state index contributed by atoms with van der Waals surface area (Å²) in [5.41, 5.74) is 0. The summed E-state index contributed by atoms with van der Waals surface area (Å²) < 4.78 is 44.8. The van der Waals surface area contributed by atoms with Crippen molar-refractivity contribution in [2.75, 3.05) is 0 Å². The molecule has 0 heterocycles. The Morgan fingerprint density at radius 3 is 1.05 bits per heavy atom. The number of benzene rings is 5. The summed E-state index contributed by atoms with van der Waals surface area (Å²) in [5, 5.41) is 11.7. The van der Waals surface area contributed by atoms with Gasteiger partial charge in [0.1, 0.15) is 16.3 Å². The molecule has 0 aliphatic heterocycles. The third kappa shape index (κ3) is 9.79. The van der Waals surface area contributed by atoms with Gasteiger partial charge < -0.3 is 14.2 Å². The van der Waals surface area contributed by atoms with Crippen molar-refractivity contribution in [3.63, 3.8) is 0 Å². The van der Waals surface area contributed by atoms with Gasteiger partial charge in [0.2, 0.25) is 0 Å². The van der Waals surface area contributed by atoms with Crippen LogP contribution in [0.3, 0.4) is 0 Å². The Balaban J connectivity index is 0.000000541. The summed E-state index contributed by atoms with van der Waals surface area (Å²) in [4.78, 5) is 8.90. The first-order chi connectivity index (χ1) is 19.8. The summed E-state index contributed by atoms with van der Waals surface area (Å²) in [6.07, 6.45) is -5.08. The zero-order valence-electron chi connectivity index (χ0n) is 21.8. The van der Waals surface area contributed by atoms with Crippen molar-refractivity contribution in [3.05, 3.63) is 146 Å². The number of carbonyl (C=O) groups is 1. The van der Waals surface area contributed by atoms with Crippen LogP contribution in [0, 0.1) is 6.07 Å². The molecule has 0 aliphatic carbocycles. The van der Waals surface area contributed by atoms with Crippen LogP contribution in [0.25, 0.3) is 0 Å². The minimum Gasteiger partial charge on any atom is -0.490 e. The van der Waals surface area contributed by atoms with Gasteiger partial charge in [0.25, 0.3) is 0 Å². The number of hydrogen-bond acceptors (Lipinski definition) is 3. The van der Waals surface area contributed by atoms with E-state index in [9.17, 15) is 13.2 Å². The monoisotopic (exact) mass is 697 g/mol. The van der Waals surface area contributed by atoms with Gasteiger partial charge in [-0.2, -0.15) is 19.2 Å². The molecular formula is C32H24F3O4P2Pd-. The summed E-state index contributed by atoms with van der Waals surface area (Å²) in [7, 11) is -2.06. The molecule has 1 N–H and O–H groups in total. The van der Waals surface area contributed by atoms with Gasteiger partial charge in [-0.15, -0.1) is 12.1 Å². The molecule has 0 aliphatic rings. The molecule has 218 valence electrons. The van der Waals surface area contributed by atoms with Crippen LogP contribution in [0.1, 0.15) is 0 Å². The molecule has 42 heavy (non-hydrogen) atoms. The smallest absolute Gasteiger partial charge is 0.490 e. The molecule has 10 heteroatoms. The molecule has 5 aromatic rings. The van der Waals surface area contributed by atoms with Crippen LogP contribution in [0.5, 0.6) is 11.5 Å². The molecule has 0 bridgehead atoms. The van der Waals surface area contributed by atoms with Crippen molar-refractivity contribution < 1.29 is 52.5 Å². The standard InChI is InChI=1S/C30H23O2P2.C2HF3O2.Pd/c1-5-16-27(17-6-1)33(28-18-7-2-8-19-28)31-25-14-13-15-26(24-25)32-34(29-20-9-3-10-21-29)30-22-11-4-12-23-30;3-2(4,5)1(6)7;/h1-23H;(H,6,7);/q-1;;. The van der Waals surface area contributed by atoms with Gasteiger partial charge in [-0.05, 0) is 0 Å². The summed E-state index contributed by atoms with van der Waals surface area (Å²) in [6.45, 7) is 0. The van der Waals surface area contributed by atoms with E-state index in [2.05, 4.69) is 54.6 Å². The average Bonchev–Trinajstić information content (AvgIpc) is 3.00. The van der Waals surface area contributed by atoms with Gasteiger partial charge in [-0.1, -0.05) is 127 Å². The van der Waals surface area contributed by atoms with Gasteiger partial charge in [0.05, 0.1) is 0 Å². The van der Waals surface area contributed by atoms with Crippen LogP contribution in [0.4, 0.5) is 13.2 Å². The predicted molar refractivity (Wildman–Crippen MR) is 158 cm³/mol. The normalized spacial score (nSPS) is 10.7. The Bertz CT molecular complexity index is 1330. The molecule has 0 amide bonds. The molecule has 0 saturated carbocycles. The Hall–Kier alpha value is -3.52. The molecule has 5 rings (SSSR count). The zero-order valence-corrected chi connectivity index (χ0v) is 25.1. The van der Waals surface area contributed by atoms with Crippen molar-refractivity contribution in [2.24, 2.45) is 0 Å². The third-order valence-corrected chi connectivity index (χ3v) is 9.15. The van der Waals surface area contributed by atoms with Crippen molar-refractivity contribution in [1.82, 2.24) is 0 Å². The second-order valence-electron chi connectivity index (χ2n) is 8.30. The van der Waals surface area contributed by atoms with E-state index in [4.69, 9.17) is 18.9 Å². The van der Waals surface area contributed by atoms with Crippen LogP contribution in [0.15, 0.2) is 140 Å². The Kier molecular flexibility index (Phi) is 12.7. The number of hydrogen-bond donors (Lipinski definition) is 1. The second kappa shape index (κ2) is 16.2. The molecule has 0 fully saturated rings. The first-order valence-electron chi connectivity index (χ1n) is 12.3. The molecule has 0 unspecified atom stereocenters. The van der Waals surface area contributed by atoms with Crippen LogP contribution in [-0.2, 0) is 25.2 Å². The van der Waals surface area contributed by atoms with Crippen molar-refractivity contribution in [1.29, 1.82) is 0 Å². The van der Waals surface area contributed by atoms with Gasteiger partial charge in [-0.25, -0.2) is 4.79 Å². The van der Waals surface area contributed by atoms with Gasteiger partial charge in [0, 0.05) is 53.1 Å². The minimum absolute atomic E-state index is 0. The fraction of sp³-hybridized carbons (Fsp3) is 0.0312. The number of carboxylic acid groups (broad SMARTS) is 1. The topological polar surface area (TPSA) is 55.8 Å². The number of alkyl halides is 3. The second-order valence-corrected chi connectivity index (χ2v) is 11.9. The van der Waals surface area contributed by atoms with Crippen LogP contribution >= 0.6 is 16.3 Å². The van der Waals surface area contributed by atoms with Gasteiger partial charge >= 0.3 is 12.1 Å². The molecule has 0 spiro atoms. The van der Waals surface area contributed by atoms with E-state index < -0.39 is 28.4 Å². The van der Waals surface area contributed by atoms with Crippen molar-refractivity contribution >= 4 is 43.5 Å². The maximum absolute atomic E-state index is 10.6. The van der Waals surface area contributed by atoms with E-state index in [-0.39, 0.29) is 20.4 Å². The number of rotatable bonds is 8. The quantitative estimate of drug-likeness (QED) is 0.108. The van der Waals surface area contributed by atoms with E-state index in [1.165, 1.54) is 0 Å². The van der Waals surface area contributed by atoms with Crippen molar-refractivity contribution in [2.45, 2.75) is 6.18 Å². The summed E-state index contributed by atoms with van der Waals surface area (Å²) in [5.74, 6) is -1.41. The van der Waals surface area contributed by atoms with E-state index in [1.807, 2.05) is 91.0 Å². The van der Waals surface area contributed by atoms with Gasteiger partial charge in [-0.3, -0.25) is 0 Å². The van der Waals surface area contributed by atoms with E-state index in [0.717, 1.165) is 21.2 Å². The van der Waals surface area contributed by atoms with E-state index >= 15 is 0 Å². The summed E-state index contributed by atoms with van der Waals surface area (Å²) in [6, 6.07) is 50.6. The van der Waals surface area contributed by atoms with Crippen LogP contribution in [-0.4, -0.2) is 17.3 Å². The van der Waals surface area contributed by atoms with Crippen LogP contribution < -0.4 is 30.3 Å². The maximum Gasteiger partial charge on any atom is 0.490 e. The Labute approximate surface area is 258 Å². The van der Waals surface area contributed by atoms with Gasteiger partial charge in [0.15, 0.2) is 0 Å². The number of halogens is 3. The Morgan fingerprint density at radius 2 is 0.810 bits per heavy atom. The Morgan fingerprint density at radius 1 is 0.548 bits per heavy atom. The summed E-state index contributed by atoms with van der Waals surface area (Å²) >= 11 is 0. The molecular weight excluding hydrogens is 674 g/mol. The fourth-order valence-electron chi connectivity index (χ4n) is 3.49. The fourth-order valence-corrected chi connectivity index (χ4v) is 6.89. The van der Waals surface area contributed by atoms with Crippen LogP contribution in [0.2, 0.25) is 0 Å². The predicted octanol–water partition coefficient (Wildman–Crippen LogP) is 6.97. The largest absolute Gasteiger partial charge is 0.490 e. The van der Waals surface area contributed by atoms with E-state index in [0.29, 0.717) is 11.5 Å². The molecule has 0 aromatic heterocycles. The molecule has 5 aromatic carbocycles. The first kappa shape index (κ1) is 33.0. The SMILES string of the molecule is O=C(O)C(F)(F)F.[Pd].[c-]1c(OP(c2ccccc2)c2ccccc2)cccc1OP(c1ccccc1)c1ccccc1. The maximum atomic E-state index is 10.6. The first-order valence-corrected chi connectivity index (χ1v) is 14.8. The van der Waals surface area contributed by atoms with Crippen molar-refractivity contribution in [3.8, 4) is 11.5 Å². The zero-order chi connectivity index (χ0) is 29.1. The van der Waals surface area contributed by atoms with E-state index in [1.54, 1.807) is 0 Å². The third-order valence-electron chi connectivity index (χ3n) is 5.33. The molecule has 0 radical (unpaired) electrons.